The highest BCUT2D eigenvalue weighted by Crippen LogP contribution is 2.26. The molecule has 0 saturated heterocycles. The van der Waals surface area contributed by atoms with Crippen molar-refractivity contribution in [1.82, 2.24) is 5.32 Å². The normalized spacial score (nSPS) is 17.1. The first-order chi connectivity index (χ1) is 11.1. The molecule has 0 unspecified atom stereocenters. The summed E-state index contributed by atoms with van der Waals surface area (Å²) < 4.78 is 5.66. The van der Waals surface area contributed by atoms with Crippen molar-refractivity contribution in [2.24, 2.45) is 5.92 Å². The Morgan fingerprint density at radius 3 is 2.74 bits per heavy atom. The molecule has 1 aromatic heterocycles. The van der Waals surface area contributed by atoms with Crippen LogP contribution in [0.2, 0.25) is 0 Å². The average Bonchev–Trinajstić information content (AvgIpc) is 2.55. The Morgan fingerprint density at radius 2 is 2.00 bits per heavy atom. The predicted molar refractivity (Wildman–Crippen MR) is 90.7 cm³/mol. The van der Waals surface area contributed by atoms with Gasteiger partial charge in [-0.05, 0) is 44.2 Å². The van der Waals surface area contributed by atoms with Gasteiger partial charge in [-0.3, -0.25) is 9.59 Å². The number of carbonyl (C=O) groups is 1. The molecule has 0 aliphatic heterocycles. The van der Waals surface area contributed by atoms with E-state index in [1.54, 1.807) is 6.07 Å². The van der Waals surface area contributed by atoms with E-state index < -0.39 is 0 Å². The van der Waals surface area contributed by atoms with Gasteiger partial charge in [-0.25, -0.2) is 0 Å². The second-order valence-electron chi connectivity index (χ2n) is 6.58. The number of nitrogens with one attached hydrogen (secondary N) is 1. The first-order valence-corrected chi connectivity index (χ1v) is 8.40. The molecule has 1 saturated carbocycles. The van der Waals surface area contributed by atoms with E-state index in [9.17, 15) is 9.59 Å². The Balaban J connectivity index is 1.82. The van der Waals surface area contributed by atoms with Crippen molar-refractivity contribution in [2.45, 2.75) is 52.0 Å². The summed E-state index contributed by atoms with van der Waals surface area (Å²) in [6, 6.07) is 6.82. The zero-order chi connectivity index (χ0) is 16.4. The summed E-state index contributed by atoms with van der Waals surface area (Å²) >= 11 is 0. The van der Waals surface area contributed by atoms with Crippen LogP contribution in [0.4, 0.5) is 0 Å². The molecule has 1 fully saturated rings. The van der Waals surface area contributed by atoms with E-state index >= 15 is 0 Å². The maximum Gasteiger partial charge on any atom is 0.287 e. The molecule has 0 radical (unpaired) electrons. The quantitative estimate of drug-likeness (QED) is 0.937. The molecular formula is C19H23NO3. The lowest BCUT2D eigenvalue weighted by molar-refractivity contribution is 0.0891. The number of rotatable bonds is 3. The van der Waals surface area contributed by atoms with E-state index in [4.69, 9.17) is 4.42 Å². The van der Waals surface area contributed by atoms with Crippen LogP contribution in [-0.4, -0.2) is 11.9 Å². The van der Waals surface area contributed by atoms with E-state index in [2.05, 4.69) is 5.32 Å². The number of carbonyl (C=O) groups excluding carboxylic acids is 1. The summed E-state index contributed by atoms with van der Waals surface area (Å²) in [7, 11) is 0. The maximum atomic E-state index is 12.4. The van der Waals surface area contributed by atoms with Crippen molar-refractivity contribution in [3.8, 4) is 0 Å². The fraction of sp³-hybridized carbons (Fsp3) is 0.474. The topological polar surface area (TPSA) is 59.3 Å². The molecule has 1 heterocycles. The molecule has 0 bridgehead atoms. The summed E-state index contributed by atoms with van der Waals surface area (Å²) in [5.74, 6) is 0.307. The average molecular weight is 313 g/mol. The van der Waals surface area contributed by atoms with E-state index in [0.717, 1.165) is 18.4 Å². The third-order valence-corrected chi connectivity index (χ3v) is 4.90. The lowest BCUT2D eigenvalue weighted by Gasteiger charge is -2.28. The van der Waals surface area contributed by atoms with Crippen molar-refractivity contribution in [2.75, 3.05) is 0 Å². The molecule has 1 aliphatic rings. The Kier molecular flexibility index (Phi) is 4.51. The highest BCUT2D eigenvalue weighted by atomic mass is 16.3. The monoisotopic (exact) mass is 313 g/mol. The van der Waals surface area contributed by atoms with Crippen molar-refractivity contribution in [3.05, 3.63) is 45.8 Å². The minimum absolute atomic E-state index is 0.0933. The summed E-state index contributed by atoms with van der Waals surface area (Å²) in [5.41, 5.74) is 1.16. The molecule has 1 atom stereocenters. The summed E-state index contributed by atoms with van der Waals surface area (Å²) in [4.78, 5) is 24.7. The number of hydrogen-bond donors (Lipinski definition) is 1. The minimum Gasteiger partial charge on any atom is -0.451 e. The maximum absolute atomic E-state index is 12.4. The standard InChI is InChI=1S/C19H23NO3/c1-12-7-6-10-16-18(12)15(21)11-17(23-16)19(22)20-13(2)14-8-4-3-5-9-14/h6-7,10-11,13-14H,3-5,8-9H2,1-2H3,(H,20,22)/t13-/m0/s1. The van der Waals surface area contributed by atoms with Crippen molar-refractivity contribution >= 4 is 16.9 Å². The van der Waals surface area contributed by atoms with Crippen LogP contribution in [0.1, 0.15) is 55.1 Å². The third-order valence-electron chi connectivity index (χ3n) is 4.90. The highest BCUT2D eigenvalue weighted by molar-refractivity contribution is 5.93. The number of aryl methyl sites for hydroxylation is 1. The van der Waals surface area contributed by atoms with Crippen molar-refractivity contribution in [3.63, 3.8) is 0 Å². The second kappa shape index (κ2) is 6.57. The van der Waals surface area contributed by atoms with E-state index in [1.807, 2.05) is 26.0 Å². The summed E-state index contributed by atoms with van der Waals surface area (Å²) in [6.45, 7) is 3.90. The van der Waals surface area contributed by atoms with E-state index in [-0.39, 0.29) is 23.1 Å². The van der Waals surface area contributed by atoms with Crippen LogP contribution < -0.4 is 10.7 Å². The molecule has 2 aromatic rings. The first-order valence-electron chi connectivity index (χ1n) is 8.40. The Morgan fingerprint density at radius 1 is 1.26 bits per heavy atom. The lowest BCUT2D eigenvalue weighted by Crippen LogP contribution is -2.39. The zero-order valence-corrected chi connectivity index (χ0v) is 13.7. The molecule has 1 N–H and O–H groups in total. The Bertz CT molecular complexity index is 772. The van der Waals surface area contributed by atoms with Crippen molar-refractivity contribution in [1.29, 1.82) is 0 Å². The molecular weight excluding hydrogens is 290 g/mol. The molecule has 4 nitrogen and oxygen atoms in total. The molecule has 1 aromatic carbocycles. The molecule has 3 rings (SSSR count). The Labute approximate surface area is 135 Å². The van der Waals surface area contributed by atoms with Gasteiger partial charge in [0, 0.05) is 12.1 Å². The molecule has 122 valence electrons. The van der Waals surface area contributed by atoms with Crippen LogP contribution in [0, 0.1) is 12.8 Å². The third kappa shape index (κ3) is 3.31. The van der Waals surface area contributed by atoms with Gasteiger partial charge in [0.1, 0.15) is 5.58 Å². The molecule has 1 amide bonds. The molecule has 4 heteroatoms. The molecule has 0 spiro atoms. The van der Waals surface area contributed by atoms with Gasteiger partial charge in [0.2, 0.25) is 0 Å². The number of benzene rings is 1. The van der Waals surface area contributed by atoms with Crippen LogP contribution >= 0.6 is 0 Å². The van der Waals surface area contributed by atoms with Gasteiger partial charge < -0.3 is 9.73 Å². The minimum atomic E-state index is -0.302. The van der Waals surface area contributed by atoms with Gasteiger partial charge in [-0.15, -0.1) is 0 Å². The van der Waals surface area contributed by atoms with E-state index in [1.165, 1.54) is 25.3 Å². The van der Waals surface area contributed by atoms with Gasteiger partial charge in [0.15, 0.2) is 11.2 Å². The van der Waals surface area contributed by atoms with Gasteiger partial charge >= 0.3 is 0 Å². The van der Waals surface area contributed by atoms with Gasteiger partial charge in [-0.2, -0.15) is 0 Å². The van der Waals surface area contributed by atoms with Crippen LogP contribution in [0.3, 0.4) is 0 Å². The SMILES string of the molecule is Cc1cccc2oc(C(=O)N[C@@H](C)C3CCCCC3)cc(=O)c12. The largest absolute Gasteiger partial charge is 0.451 e. The van der Waals surface area contributed by atoms with Gasteiger partial charge in [-0.1, -0.05) is 31.4 Å². The van der Waals surface area contributed by atoms with Crippen molar-refractivity contribution < 1.29 is 9.21 Å². The zero-order valence-electron chi connectivity index (χ0n) is 13.7. The van der Waals surface area contributed by atoms with Crippen LogP contribution in [-0.2, 0) is 0 Å². The number of amides is 1. The Hall–Kier alpha value is -2.10. The van der Waals surface area contributed by atoms with Gasteiger partial charge in [0.05, 0.1) is 5.39 Å². The van der Waals surface area contributed by atoms with Crippen LogP contribution in [0.25, 0.3) is 11.0 Å². The van der Waals surface area contributed by atoms with Crippen LogP contribution in [0.5, 0.6) is 0 Å². The molecule has 1 aliphatic carbocycles. The van der Waals surface area contributed by atoms with Gasteiger partial charge in [0.25, 0.3) is 5.91 Å². The summed E-state index contributed by atoms with van der Waals surface area (Å²) in [6.07, 6.45) is 6.06. The lowest BCUT2D eigenvalue weighted by atomic mass is 9.84. The number of fused-ring (bicyclic) bond motifs is 1. The molecule has 23 heavy (non-hydrogen) atoms. The predicted octanol–water partition coefficient (Wildman–Crippen LogP) is 3.80. The second-order valence-corrected chi connectivity index (χ2v) is 6.58. The number of hydrogen-bond acceptors (Lipinski definition) is 3. The fourth-order valence-corrected chi connectivity index (χ4v) is 3.52. The van der Waals surface area contributed by atoms with E-state index in [0.29, 0.717) is 16.9 Å². The van der Waals surface area contributed by atoms with Crippen LogP contribution in [0.15, 0.2) is 33.5 Å². The first kappa shape index (κ1) is 15.8. The highest BCUT2D eigenvalue weighted by Gasteiger charge is 2.23. The smallest absolute Gasteiger partial charge is 0.287 e. The summed E-state index contributed by atoms with van der Waals surface area (Å²) in [5, 5.41) is 3.55. The fourth-order valence-electron chi connectivity index (χ4n) is 3.52.